The van der Waals surface area contributed by atoms with Crippen LogP contribution in [0.4, 0.5) is 0 Å². The lowest BCUT2D eigenvalue weighted by Crippen LogP contribution is -2.27. The van der Waals surface area contributed by atoms with E-state index in [0.717, 1.165) is 34.3 Å². The van der Waals surface area contributed by atoms with Gasteiger partial charge in [0.15, 0.2) is 0 Å². The molecule has 0 saturated carbocycles. The number of aromatic nitrogens is 1. The average molecular weight is 322 g/mol. The third-order valence-electron chi connectivity index (χ3n) is 4.02. The van der Waals surface area contributed by atoms with Crippen LogP contribution in [0, 0.1) is 6.92 Å². The van der Waals surface area contributed by atoms with E-state index in [4.69, 9.17) is 4.74 Å². The summed E-state index contributed by atoms with van der Waals surface area (Å²) in [6, 6.07) is 17.8. The number of para-hydroxylation sites is 2. The monoisotopic (exact) mass is 322 g/mol. The number of benzene rings is 2. The highest BCUT2D eigenvalue weighted by atomic mass is 16.5. The molecule has 4 heteroatoms. The van der Waals surface area contributed by atoms with E-state index < -0.39 is 0 Å². The number of ether oxygens (including phenoxy) is 1. The molecule has 0 radical (unpaired) electrons. The zero-order chi connectivity index (χ0) is 16.8. The molecule has 0 aliphatic heterocycles. The van der Waals surface area contributed by atoms with E-state index >= 15 is 0 Å². The summed E-state index contributed by atoms with van der Waals surface area (Å²) >= 11 is 0. The highest BCUT2D eigenvalue weighted by Crippen LogP contribution is 2.22. The Hall–Kier alpha value is -2.75. The molecule has 3 rings (SSSR count). The largest absolute Gasteiger partial charge is 0.494 e. The molecule has 0 aliphatic carbocycles. The summed E-state index contributed by atoms with van der Waals surface area (Å²) in [5, 5.41) is 4.09. The summed E-state index contributed by atoms with van der Waals surface area (Å²) < 4.78 is 5.61. The van der Waals surface area contributed by atoms with Crippen LogP contribution in [-0.2, 0) is 11.2 Å². The Morgan fingerprint density at radius 1 is 1.08 bits per heavy atom. The predicted molar refractivity (Wildman–Crippen MR) is 96.3 cm³/mol. The molecule has 124 valence electrons. The second-order valence-electron chi connectivity index (χ2n) is 5.82. The van der Waals surface area contributed by atoms with E-state index in [1.807, 2.05) is 55.5 Å². The van der Waals surface area contributed by atoms with Gasteiger partial charge in [0.2, 0.25) is 5.91 Å². The van der Waals surface area contributed by atoms with Gasteiger partial charge in [0.05, 0.1) is 13.0 Å². The molecule has 0 unspecified atom stereocenters. The van der Waals surface area contributed by atoms with Crippen molar-refractivity contribution in [2.45, 2.75) is 19.8 Å². The van der Waals surface area contributed by atoms with Gasteiger partial charge in [-0.15, -0.1) is 0 Å². The SMILES string of the molecule is Cc1[nH]c2ccccc2c1CC(=O)NCCCOc1ccccc1. The molecule has 0 saturated heterocycles. The van der Waals surface area contributed by atoms with Crippen molar-refractivity contribution in [2.24, 2.45) is 0 Å². The highest BCUT2D eigenvalue weighted by molar-refractivity contribution is 5.90. The van der Waals surface area contributed by atoms with Crippen molar-refractivity contribution in [2.75, 3.05) is 13.2 Å². The molecule has 4 nitrogen and oxygen atoms in total. The van der Waals surface area contributed by atoms with Crippen molar-refractivity contribution in [3.8, 4) is 5.75 Å². The standard InChI is InChI=1S/C20H22N2O2/c1-15-18(17-10-5-6-11-19(17)22-15)14-20(23)21-12-7-13-24-16-8-3-2-4-9-16/h2-6,8-11,22H,7,12-14H2,1H3,(H,21,23). The van der Waals surface area contributed by atoms with E-state index in [0.29, 0.717) is 19.6 Å². The van der Waals surface area contributed by atoms with Gasteiger partial charge >= 0.3 is 0 Å². The topological polar surface area (TPSA) is 54.1 Å². The van der Waals surface area contributed by atoms with Gasteiger partial charge in [-0.2, -0.15) is 0 Å². The van der Waals surface area contributed by atoms with Crippen LogP contribution in [0.15, 0.2) is 54.6 Å². The van der Waals surface area contributed by atoms with Gasteiger partial charge in [-0.1, -0.05) is 36.4 Å². The minimum atomic E-state index is 0.0440. The molecule has 1 heterocycles. The fourth-order valence-corrected chi connectivity index (χ4v) is 2.79. The highest BCUT2D eigenvalue weighted by Gasteiger charge is 2.11. The van der Waals surface area contributed by atoms with E-state index in [9.17, 15) is 4.79 Å². The van der Waals surface area contributed by atoms with E-state index in [1.165, 1.54) is 0 Å². The first kappa shape index (κ1) is 16.1. The third kappa shape index (κ3) is 3.96. The number of aromatic amines is 1. The van der Waals surface area contributed by atoms with Gasteiger partial charge < -0.3 is 15.0 Å². The molecule has 0 bridgehead atoms. The van der Waals surface area contributed by atoms with Gasteiger partial charge in [0, 0.05) is 23.1 Å². The van der Waals surface area contributed by atoms with Crippen LogP contribution in [0.1, 0.15) is 17.7 Å². The molecule has 0 atom stereocenters. The molecule has 1 aromatic heterocycles. The van der Waals surface area contributed by atoms with Crippen molar-refractivity contribution in [3.63, 3.8) is 0 Å². The first-order valence-corrected chi connectivity index (χ1v) is 8.25. The smallest absolute Gasteiger partial charge is 0.224 e. The van der Waals surface area contributed by atoms with Crippen LogP contribution in [0.2, 0.25) is 0 Å². The maximum absolute atomic E-state index is 12.2. The Balaban J connectivity index is 1.45. The summed E-state index contributed by atoms with van der Waals surface area (Å²) in [5.74, 6) is 0.904. The number of rotatable bonds is 7. The van der Waals surface area contributed by atoms with Crippen LogP contribution < -0.4 is 10.1 Å². The summed E-state index contributed by atoms with van der Waals surface area (Å²) in [4.78, 5) is 15.5. The van der Waals surface area contributed by atoms with Gasteiger partial charge in [0.1, 0.15) is 5.75 Å². The summed E-state index contributed by atoms with van der Waals surface area (Å²) in [6.45, 7) is 3.22. The van der Waals surface area contributed by atoms with Crippen LogP contribution >= 0.6 is 0 Å². The molecular weight excluding hydrogens is 300 g/mol. The lowest BCUT2D eigenvalue weighted by molar-refractivity contribution is -0.120. The lowest BCUT2D eigenvalue weighted by atomic mass is 10.1. The maximum Gasteiger partial charge on any atom is 0.224 e. The molecular formula is C20H22N2O2. The third-order valence-corrected chi connectivity index (χ3v) is 4.02. The number of H-pyrrole nitrogens is 1. The summed E-state index contributed by atoms with van der Waals surface area (Å²) in [6.07, 6.45) is 1.18. The van der Waals surface area contributed by atoms with Gasteiger partial charge in [-0.3, -0.25) is 4.79 Å². The van der Waals surface area contributed by atoms with Crippen molar-refractivity contribution in [1.29, 1.82) is 0 Å². The maximum atomic E-state index is 12.2. The predicted octanol–water partition coefficient (Wildman–Crippen LogP) is 3.60. The Morgan fingerprint density at radius 2 is 1.83 bits per heavy atom. The minimum absolute atomic E-state index is 0.0440. The summed E-state index contributed by atoms with van der Waals surface area (Å²) in [7, 11) is 0. The molecule has 2 aromatic carbocycles. The first-order chi connectivity index (χ1) is 11.7. The van der Waals surface area contributed by atoms with Crippen LogP contribution in [0.5, 0.6) is 5.75 Å². The molecule has 0 aliphatic rings. The van der Waals surface area contributed by atoms with E-state index in [-0.39, 0.29) is 5.91 Å². The molecule has 24 heavy (non-hydrogen) atoms. The fraction of sp³-hybridized carbons (Fsp3) is 0.250. The molecule has 3 aromatic rings. The van der Waals surface area contributed by atoms with Crippen molar-refractivity contribution in [3.05, 3.63) is 65.9 Å². The lowest BCUT2D eigenvalue weighted by Gasteiger charge is -2.07. The second kappa shape index (κ2) is 7.68. The zero-order valence-electron chi connectivity index (χ0n) is 13.8. The number of aryl methyl sites for hydroxylation is 1. The van der Waals surface area contributed by atoms with E-state index in [1.54, 1.807) is 0 Å². The minimum Gasteiger partial charge on any atom is -0.494 e. The Bertz CT molecular complexity index is 809. The van der Waals surface area contributed by atoms with Crippen LogP contribution in [0.25, 0.3) is 10.9 Å². The average Bonchev–Trinajstić information content (AvgIpc) is 2.91. The molecule has 2 N–H and O–H groups in total. The number of nitrogens with one attached hydrogen (secondary N) is 2. The number of carbonyl (C=O) groups is 1. The Labute approximate surface area is 141 Å². The van der Waals surface area contributed by atoms with Crippen LogP contribution in [-0.4, -0.2) is 24.0 Å². The van der Waals surface area contributed by atoms with Gasteiger partial charge in [0.25, 0.3) is 0 Å². The quantitative estimate of drug-likeness (QED) is 0.653. The van der Waals surface area contributed by atoms with Gasteiger partial charge in [-0.25, -0.2) is 0 Å². The fourth-order valence-electron chi connectivity index (χ4n) is 2.79. The zero-order valence-corrected chi connectivity index (χ0v) is 13.8. The normalized spacial score (nSPS) is 10.7. The van der Waals surface area contributed by atoms with Crippen molar-refractivity contribution < 1.29 is 9.53 Å². The van der Waals surface area contributed by atoms with Crippen molar-refractivity contribution in [1.82, 2.24) is 10.3 Å². The molecule has 0 spiro atoms. The van der Waals surface area contributed by atoms with Crippen LogP contribution in [0.3, 0.4) is 0 Å². The molecule has 0 fully saturated rings. The van der Waals surface area contributed by atoms with Crippen molar-refractivity contribution >= 4 is 16.8 Å². The number of amides is 1. The first-order valence-electron chi connectivity index (χ1n) is 8.25. The van der Waals surface area contributed by atoms with Gasteiger partial charge in [-0.05, 0) is 37.1 Å². The summed E-state index contributed by atoms with van der Waals surface area (Å²) in [5.41, 5.74) is 3.21. The second-order valence-corrected chi connectivity index (χ2v) is 5.82. The number of hydrogen-bond acceptors (Lipinski definition) is 2. The Kier molecular flexibility index (Phi) is 5.16. The van der Waals surface area contributed by atoms with E-state index in [2.05, 4.69) is 16.4 Å². The molecule has 1 amide bonds. The Morgan fingerprint density at radius 3 is 2.67 bits per heavy atom. The number of hydrogen-bond donors (Lipinski definition) is 2. The number of fused-ring (bicyclic) bond motifs is 1. The number of carbonyl (C=O) groups excluding carboxylic acids is 1.